The van der Waals surface area contributed by atoms with Gasteiger partial charge in [-0.3, -0.25) is 4.79 Å². The van der Waals surface area contributed by atoms with Gasteiger partial charge in [-0.25, -0.2) is 0 Å². The molecule has 1 aromatic carbocycles. The number of carbonyl (C=O) groups is 1. The average molecular weight is 208 g/mol. The van der Waals surface area contributed by atoms with Crippen LogP contribution in [-0.4, -0.2) is 17.7 Å². The van der Waals surface area contributed by atoms with Crippen molar-refractivity contribution < 1.29 is 14.6 Å². The maximum Gasteiger partial charge on any atom is 0.303 e. The van der Waals surface area contributed by atoms with Gasteiger partial charge in [0.1, 0.15) is 5.75 Å². The Labute approximate surface area is 89.7 Å². The Hall–Kier alpha value is -1.51. The fourth-order valence-corrected chi connectivity index (χ4v) is 1.44. The highest BCUT2D eigenvalue weighted by Crippen LogP contribution is 2.21. The molecular formula is C12H16O3. The molecule has 0 amide bonds. The molecule has 0 aliphatic rings. The van der Waals surface area contributed by atoms with E-state index in [4.69, 9.17) is 9.84 Å². The van der Waals surface area contributed by atoms with E-state index in [-0.39, 0.29) is 12.3 Å². The molecule has 0 radical (unpaired) electrons. The molecule has 1 N–H and O–H groups in total. The molecule has 15 heavy (non-hydrogen) atoms. The normalized spacial score (nSPS) is 12.1. The summed E-state index contributed by atoms with van der Waals surface area (Å²) in [5.74, 6) is 0.0957. The summed E-state index contributed by atoms with van der Waals surface area (Å²) in [5, 5.41) is 8.66. The van der Waals surface area contributed by atoms with Crippen molar-refractivity contribution in [2.24, 2.45) is 0 Å². The summed E-state index contributed by atoms with van der Waals surface area (Å²) in [4.78, 5) is 10.5. The van der Waals surface area contributed by atoms with Gasteiger partial charge < -0.3 is 9.84 Å². The lowest BCUT2D eigenvalue weighted by Crippen LogP contribution is -2.02. The van der Waals surface area contributed by atoms with Crippen molar-refractivity contribution >= 4 is 5.97 Å². The molecule has 0 saturated carbocycles. The number of benzene rings is 1. The van der Waals surface area contributed by atoms with E-state index in [0.29, 0.717) is 6.61 Å². The monoisotopic (exact) mass is 208 g/mol. The topological polar surface area (TPSA) is 46.5 Å². The Kier molecular flexibility index (Phi) is 4.16. The minimum absolute atomic E-state index is 0.0400. The van der Waals surface area contributed by atoms with Gasteiger partial charge in [0.05, 0.1) is 13.0 Å². The van der Waals surface area contributed by atoms with Gasteiger partial charge in [-0.15, -0.1) is 0 Å². The summed E-state index contributed by atoms with van der Waals surface area (Å²) in [6, 6.07) is 7.57. The van der Waals surface area contributed by atoms with Crippen molar-refractivity contribution in [3.63, 3.8) is 0 Å². The molecule has 82 valence electrons. The predicted molar refractivity (Wildman–Crippen MR) is 58.3 cm³/mol. The van der Waals surface area contributed by atoms with E-state index in [1.54, 1.807) is 0 Å². The van der Waals surface area contributed by atoms with Crippen LogP contribution in [0.25, 0.3) is 0 Å². The number of ether oxygens (including phenoxy) is 1. The molecule has 0 aliphatic heterocycles. The van der Waals surface area contributed by atoms with Crippen LogP contribution in [0.2, 0.25) is 0 Å². The van der Waals surface area contributed by atoms with Crippen molar-refractivity contribution in [1.82, 2.24) is 0 Å². The molecule has 0 saturated heterocycles. The highest BCUT2D eigenvalue weighted by Gasteiger charge is 2.09. The molecule has 0 aromatic heterocycles. The van der Waals surface area contributed by atoms with E-state index in [9.17, 15) is 4.79 Å². The van der Waals surface area contributed by atoms with E-state index in [1.807, 2.05) is 38.1 Å². The highest BCUT2D eigenvalue weighted by molar-refractivity contribution is 5.67. The van der Waals surface area contributed by atoms with E-state index in [1.165, 1.54) is 0 Å². The van der Waals surface area contributed by atoms with Crippen LogP contribution in [0.5, 0.6) is 5.75 Å². The first-order valence-corrected chi connectivity index (χ1v) is 5.08. The van der Waals surface area contributed by atoms with Gasteiger partial charge in [-0.1, -0.05) is 19.1 Å². The minimum atomic E-state index is -0.767. The van der Waals surface area contributed by atoms with Gasteiger partial charge in [0.25, 0.3) is 0 Å². The molecule has 3 heteroatoms. The number of hydrogen-bond donors (Lipinski definition) is 1. The van der Waals surface area contributed by atoms with E-state index < -0.39 is 5.97 Å². The van der Waals surface area contributed by atoms with Crippen molar-refractivity contribution in [1.29, 1.82) is 0 Å². The number of carboxylic acids is 1. The molecule has 1 atom stereocenters. The summed E-state index contributed by atoms with van der Waals surface area (Å²) in [6.07, 6.45) is 0.161. The molecule has 0 aliphatic carbocycles. The number of rotatable bonds is 5. The Bertz CT molecular complexity index is 316. The lowest BCUT2D eigenvalue weighted by Gasteiger charge is -2.10. The lowest BCUT2D eigenvalue weighted by molar-refractivity contribution is -0.137. The largest absolute Gasteiger partial charge is 0.494 e. The molecule has 0 fully saturated rings. The molecule has 0 heterocycles. The van der Waals surface area contributed by atoms with Crippen LogP contribution in [0.1, 0.15) is 31.7 Å². The average Bonchev–Trinajstić information content (AvgIpc) is 2.18. The first-order valence-electron chi connectivity index (χ1n) is 5.08. The zero-order valence-corrected chi connectivity index (χ0v) is 9.06. The van der Waals surface area contributed by atoms with Gasteiger partial charge in [0.2, 0.25) is 0 Å². The third kappa shape index (κ3) is 3.62. The molecule has 0 bridgehead atoms. The molecule has 0 unspecified atom stereocenters. The summed E-state index contributed by atoms with van der Waals surface area (Å²) in [5.41, 5.74) is 1.03. The van der Waals surface area contributed by atoms with Gasteiger partial charge in [0.15, 0.2) is 0 Å². The Balaban J connectivity index is 2.66. The quantitative estimate of drug-likeness (QED) is 0.809. The van der Waals surface area contributed by atoms with Crippen LogP contribution >= 0.6 is 0 Å². The maximum atomic E-state index is 10.5. The molecule has 0 spiro atoms. The first-order chi connectivity index (χ1) is 7.13. The minimum Gasteiger partial charge on any atom is -0.494 e. The summed E-state index contributed by atoms with van der Waals surface area (Å²) < 4.78 is 5.31. The number of carboxylic acid groups (broad SMARTS) is 1. The Morgan fingerprint density at radius 2 is 2.00 bits per heavy atom. The van der Waals surface area contributed by atoms with Crippen molar-refractivity contribution in [2.75, 3.05) is 6.61 Å². The van der Waals surface area contributed by atoms with Gasteiger partial charge in [-0.05, 0) is 30.5 Å². The van der Waals surface area contributed by atoms with Crippen molar-refractivity contribution in [3.8, 4) is 5.75 Å². The van der Waals surface area contributed by atoms with Crippen molar-refractivity contribution in [2.45, 2.75) is 26.2 Å². The maximum absolute atomic E-state index is 10.5. The van der Waals surface area contributed by atoms with Crippen LogP contribution in [0.4, 0.5) is 0 Å². The fourth-order valence-electron chi connectivity index (χ4n) is 1.44. The second kappa shape index (κ2) is 5.39. The van der Waals surface area contributed by atoms with Gasteiger partial charge in [0, 0.05) is 0 Å². The molecular weight excluding hydrogens is 192 g/mol. The standard InChI is InChI=1S/C12H16O3/c1-3-15-11-6-4-10(5-7-11)9(2)8-12(13)14/h4-7,9H,3,8H2,1-2H3,(H,13,14)/t9-/m0/s1. The summed E-state index contributed by atoms with van der Waals surface area (Å²) in [6.45, 7) is 4.48. The smallest absolute Gasteiger partial charge is 0.303 e. The lowest BCUT2D eigenvalue weighted by atomic mass is 9.98. The fraction of sp³-hybridized carbons (Fsp3) is 0.417. The zero-order chi connectivity index (χ0) is 11.3. The van der Waals surface area contributed by atoms with Crippen molar-refractivity contribution in [3.05, 3.63) is 29.8 Å². The third-order valence-electron chi connectivity index (χ3n) is 2.24. The van der Waals surface area contributed by atoms with E-state index >= 15 is 0 Å². The van der Waals surface area contributed by atoms with E-state index in [0.717, 1.165) is 11.3 Å². The van der Waals surface area contributed by atoms with Crippen LogP contribution in [-0.2, 0) is 4.79 Å². The van der Waals surface area contributed by atoms with Crippen LogP contribution in [0.3, 0.4) is 0 Å². The predicted octanol–water partition coefficient (Wildman–Crippen LogP) is 2.66. The molecule has 1 rings (SSSR count). The van der Waals surface area contributed by atoms with Crippen LogP contribution in [0.15, 0.2) is 24.3 Å². The first kappa shape index (κ1) is 11.6. The van der Waals surface area contributed by atoms with Crippen LogP contribution < -0.4 is 4.74 Å². The third-order valence-corrected chi connectivity index (χ3v) is 2.24. The Morgan fingerprint density at radius 3 is 2.47 bits per heavy atom. The molecule has 3 nitrogen and oxygen atoms in total. The molecule has 1 aromatic rings. The SMILES string of the molecule is CCOc1ccc([C@@H](C)CC(=O)O)cc1. The van der Waals surface area contributed by atoms with Gasteiger partial charge >= 0.3 is 5.97 Å². The van der Waals surface area contributed by atoms with Crippen LogP contribution in [0, 0.1) is 0 Å². The Morgan fingerprint density at radius 1 is 1.40 bits per heavy atom. The van der Waals surface area contributed by atoms with Gasteiger partial charge in [-0.2, -0.15) is 0 Å². The second-order valence-electron chi connectivity index (χ2n) is 3.50. The second-order valence-corrected chi connectivity index (χ2v) is 3.50. The van der Waals surface area contributed by atoms with E-state index in [2.05, 4.69) is 0 Å². The summed E-state index contributed by atoms with van der Waals surface area (Å²) >= 11 is 0. The zero-order valence-electron chi connectivity index (χ0n) is 9.06. The summed E-state index contributed by atoms with van der Waals surface area (Å²) in [7, 11) is 0. The number of hydrogen-bond acceptors (Lipinski definition) is 2. The number of aliphatic carboxylic acids is 1. The highest BCUT2D eigenvalue weighted by atomic mass is 16.5.